The maximum atomic E-state index is 12.4. The standard InChI is InChI=1S/C19H28N4O2.ClH/c1-22-16-9-5-6-10-17(16)23(19(22)25)12-11-18(24)21-15(13-20)14-7-3-2-4-8-14;/h5-6,9-10,14-15H,2-4,7-8,11-13,20H2,1H3,(H,21,24);1H. The highest BCUT2D eigenvalue weighted by molar-refractivity contribution is 5.85. The Morgan fingerprint density at radius 1 is 1.23 bits per heavy atom. The molecule has 0 aliphatic heterocycles. The van der Waals surface area contributed by atoms with E-state index in [2.05, 4.69) is 5.32 Å². The van der Waals surface area contributed by atoms with Crippen LogP contribution in [0, 0.1) is 5.92 Å². The van der Waals surface area contributed by atoms with E-state index in [-0.39, 0.29) is 36.5 Å². The van der Waals surface area contributed by atoms with Crippen molar-refractivity contribution in [2.75, 3.05) is 6.54 Å². The Hall–Kier alpha value is -1.79. The van der Waals surface area contributed by atoms with E-state index in [0.717, 1.165) is 23.9 Å². The van der Waals surface area contributed by atoms with Crippen LogP contribution in [0.15, 0.2) is 29.1 Å². The zero-order valence-corrected chi connectivity index (χ0v) is 16.1. The Labute approximate surface area is 160 Å². The number of nitrogens with two attached hydrogens (primary N) is 1. The number of nitrogens with one attached hydrogen (secondary N) is 1. The molecule has 1 aromatic carbocycles. The molecule has 0 bridgehead atoms. The number of benzene rings is 1. The Bertz CT molecular complexity index is 792. The molecule has 1 aliphatic carbocycles. The van der Waals surface area contributed by atoms with Crippen LogP contribution >= 0.6 is 12.4 Å². The molecule has 26 heavy (non-hydrogen) atoms. The van der Waals surface area contributed by atoms with Crippen molar-refractivity contribution in [1.82, 2.24) is 14.5 Å². The van der Waals surface area contributed by atoms with Crippen LogP contribution < -0.4 is 16.7 Å². The van der Waals surface area contributed by atoms with Crippen LogP contribution in [0.3, 0.4) is 0 Å². The average Bonchev–Trinajstić information content (AvgIpc) is 2.89. The van der Waals surface area contributed by atoms with Gasteiger partial charge in [0.2, 0.25) is 5.91 Å². The number of para-hydroxylation sites is 2. The van der Waals surface area contributed by atoms with Crippen molar-refractivity contribution in [1.29, 1.82) is 0 Å². The van der Waals surface area contributed by atoms with Gasteiger partial charge in [0, 0.05) is 32.6 Å². The van der Waals surface area contributed by atoms with Crippen LogP contribution in [0.25, 0.3) is 11.0 Å². The van der Waals surface area contributed by atoms with Crippen LogP contribution in [0.2, 0.25) is 0 Å². The van der Waals surface area contributed by atoms with Gasteiger partial charge in [0.25, 0.3) is 0 Å². The molecule has 1 heterocycles. The molecular formula is C19H29ClN4O2. The Balaban J connectivity index is 0.00000243. The predicted molar refractivity (Wildman–Crippen MR) is 107 cm³/mol. The van der Waals surface area contributed by atoms with Crippen LogP contribution in [0.4, 0.5) is 0 Å². The van der Waals surface area contributed by atoms with E-state index in [0.29, 0.717) is 19.0 Å². The van der Waals surface area contributed by atoms with Crippen molar-refractivity contribution in [2.45, 2.75) is 51.1 Å². The summed E-state index contributed by atoms with van der Waals surface area (Å²) in [5, 5.41) is 3.09. The Kier molecular flexibility index (Phi) is 7.29. The van der Waals surface area contributed by atoms with Crippen molar-refractivity contribution in [3.05, 3.63) is 34.7 Å². The monoisotopic (exact) mass is 380 g/mol. The number of aryl methyl sites for hydroxylation is 2. The van der Waals surface area contributed by atoms with Gasteiger partial charge in [-0.1, -0.05) is 31.4 Å². The number of halogens is 1. The molecule has 1 fully saturated rings. The number of hydrogen-bond donors (Lipinski definition) is 2. The summed E-state index contributed by atoms with van der Waals surface area (Å²) in [5.41, 5.74) is 7.55. The number of carbonyl (C=O) groups excluding carboxylic acids is 1. The fraction of sp³-hybridized carbons (Fsp3) is 0.579. The molecule has 0 radical (unpaired) electrons. The summed E-state index contributed by atoms with van der Waals surface area (Å²) in [6, 6.07) is 7.71. The summed E-state index contributed by atoms with van der Waals surface area (Å²) >= 11 is 0. The summed E-state index contributed by atoms with van der Waals surface area (Å²) in [6.45, 7) is 0.860. The average molecular weight is 381 g/mol. The number of fused-ring (bicyclic) bond motifs is 1. The molecule has 144 valence electrons. The van der Waals surface area contributed by atoms with Crippen LogP contribution in [0.5, 0.6) is 0 Å². The zero-order valence-electron chi connectivity index (χ0n) is 15.3. The molecule has 1 aliphatic rings. The van der Waals surface area contributed by atoms with Crippen LogP contribution in [-0.4, -0.2) is 27.6 Å². The fourth-order valence-corrected chi connectivity index (χ4v) is 3.98. The maximum absolute atomic E-state index is 12.4. The first-order valence-corrected chi connectivity index (χ1v) is 9.25. The lowest BCUT2D eigenvalue weighted by Crippen LogP contribution is -2.46. The molecule has 7 heteroatoms. The van der Waals surface area contributed by atoms with Crippen molar-refractivity contribution in [3.8, 4) is 0 Å². The van der Waals surface area contributed by atoms with Gasteiger partial charge in [0.15, 0.2) is 0 Å². The van der Waals surface area contributed by atoms with Crippen molar-refractivity contribution in [2.24, 2.45) is 18.7 Å². The lowest BCUT2D eigenvalue weighted by atomic mass is 9.84. The Morgan fingerprint density at radius 2 is 1.88 bits per heavy atom. The second kappa shape index (κ2) is 9.24. The molecule has 1 atom stereocenters. The summed E-state index contributed by atoms with van der Waals surface area (Å²) in [4.78, 5) is 24.8. The van der Waals surface area contributed by atoms with Gasteiger partial charge in [0.1, 0.15) is 0 Å². The second-order valence-electron chi connectivity index (χ2n) is 7.04. The third kappa shape index (κ3) is 4.30. The second-order valence-corrected chi connectivity index (χ2v) is 7.04. The minimum absolute atomic E-state index is 0. The van der Waals surface area contributed by atoms with E-state index in [9.17, 15) is 9.59 Å². The van der Waals surface area contributed by atoms with E-state index in [4.69, 9.17) is 5.73 Å². The van der Waals surface area contributed by atoms with E-state index in [1.165, 1.54) is 19.3 Å². The first kappa shape index (κ1) is 20.5. The van der Waals surface area contributed by atoms with Crippen molar-refractivity contribution >= 4 is 29.3 Å². The normalized spacial score (nSPS) is 16.2. The number of rotatable bonds is 6. The molecule has 1 unspecified atom stereocenters. The molecule has 0 saturated heterocycles. The van der Waals surface area contributed by atoms with Gasteiger partial charge in [-0.15, -0.1) is 12.4 Å². The number of aromatic nitrogens is 2. The van der Waals surface area contributed by atoms with E-state index in [1.807, 2.05) is 24.3 Å². The largest absolute Gasteiger partial charge is 0.352 e. The van der Waals surface area contributed by atoms with Gasteiger partial charge in [-0.25, -0.2) is 4.79 Å². The first-order valence-electron chi connectivity index (χ1n) is 9.25. The van der Waals surface area contributed by atoms with E-state index in [1.54, 1.807) is 16.2 Å². The molecule has 3 N–H and O–H groups in total. The van der Waals surface area contributed by atoms with Crippen LogP contribution in [0.1, 0.15) is 38.5 Å². The Morgan fingerprint density at radius 3 is 2.54 bits per heavy atom. The molecule has 3 rings (SSSR count). The third-order valence-electron chi connectivity index (χ3n) is 5.43. The molecule has 1 aromatic heterocycles. The quantitative estimate of drug-likeness (QED) is 0.805. The molecule has 2 aromatic rings. The zero-order chi connectivity index (χ0) is 17.8. The highest BCUT2D eigenvalue weighted by Crippen LogP contribution is 2.26. The van der Waals surface area contributed by atoms with Gasteiger partial charge in [-0.2, -0.15) is 0 Å². The molecule has 1 saturated carbocycles. The first-order chi connectivity index (χ1) is 12.1. The lowest BCUT2D eigenvalue weighted by molar-refractivity contribution is -0.122. The number of nitrogens with zero attached hydrogens (tertiary/aromatic N) is 2. The SMILES string of the molecule is Cl.Cn1c(=O)n(CCC(=O)NC(CN)C2CCCCC2)c2ccccc21. The van der Waals surface area contributed by atoms with Gasteiger partial charge in [-0.3, -0.25) is 13.9 Å². The topological polar surface area (TPSA) is 82.0 Å². The van der Waals surface area contributed by atoms with E-state index >= 15 is 0 Å². The van der Waals surface area contributed by atoms with Gasteiger partial charge in [-0.05, 0) is 30.9 Å². The van der Waals surface area contributed by atoms with Gasteiger partial charge in [0.05, 0.1) is 11.0 Å². The molecule has 1 amide bonds. The third-order valence-corrected chi connectivity index (χ3v) is 5.43. The summed E-state index contributed by atoms with van der Waals surface area (Å²) in [7, 11) is 1.76. The van der Waals surface area contributed by atoms with Gasteiger partial charge >= 0.3 is 5.69 Å². The summed E-state index contributed by atoms with van der Waals surface area (Å²) in [6.07, 6.45) is 6.31. The number of imidazole rings is 1. The lowest BCUT2D eigenvalue weighted by Gasteiger charge is -2.30. The highest BCUT2D eigenvalue weighted by atomic mass is 35.5. The molecular weight excluding hydrogens is 352 g/mol. The van der Waals surface area contributed by atoms with E-state index < -0.39 is 0 Å². The number of carbonyl (C=O) groups is 1. The van der Waals surface area contributed by atoms with Crippen molar-refractivity contribution < 1.29 is 4.79 Å². The van der Waals surface area contributed by atoms with Crippen molar-refractivity contribution in [3.63, 3.8) is 0 Å². The van der Waals surface area contributed by atoms with Gasteiger partial charge < -0.3 is 11.1 Å². The number of amides is 1. The maximum Gasteiger partial charge on any atom is 0.328 e. The molecule has 0 spiro atoms. The smallest absolute Gasteiger partial charge is 0.328 e. The molecule has 6 nitrogen and oxygen atoms in total. The summed E-state index contributed by atoms with van der Waals surface area (Å²) < 4.78 is 3.30. The highest BCUT2D eigenvalue weighted by Gasteiger charge is 2.24. The fourth-order valence-electron chi connectivity index (χ4n) is 3.98. The number of hydrogen-bond acceptors (Lipinski definition) is 3. The van der Waals surface area contributed by atoms with Crippen LogP contribution in [-0.2, 0) is 18.4 Å². The summed E-state index contributed by atoms with van der Waals surface area (Å²) in [5.74, 6) is 0.462. The predicted octanol–water partition coefficient (Wildman–Crippen LogP) is 2.18. The minimum atomic E-state index is -0.0864. The minimum Gasteiger partial charge on any atom is -0.352 e.